The predicted octanol–water partition coefficient (Wildman–Crippen LogP) is 1.47. The van der Waals surface area contributed by atoms with E-state index < -0.39 is 25.4 Å². The number of rotatable bonds is 3. The Morgan fingerprint density at radius 3 is 2.10 bits per heavy atom. The van der Waals surface area contributed by atoms with Crippen molar-refractivity contribution in [3.05, 3.63) is 28.8 Å². The van der Waals surface area contributed by atoms with Crippen LogP contribution in [0.2, 0.25) is 0 Å². The number of aryl methyl sites for hydroxylation is 3. The molecule has 1 atom stereocenters. The summed E-state index contributed by atoms with van der Waals surface area (Å²) in [7, 11) is -6.91. The molecule has 1 aromatic carbocycles. The van der Waals surface area contributed by atoms with Gasteiger partial charge in [-0.15, -0.1) is 0 Å². The zero-order chi connectivity index (χ0) is 16.1. The fourth-order valence-corrected chi connectivity index (χ4v) is 7.13. The second-order valence-corrected chi connectivity index (χ2v) is 10.0. The molecular formula is C14H21NO4S2. The molecule has 0 aliphatic carbocycles. The summed E-state index contributed by atoms with van der Waals surface area (Å²) >= 11 is 0. The Balaban J connectivity index is 2.41. The van der Waals surface area contributed by atoms with E-state index in [0.717, 1.165) is 5.56 Å². The maximum Gasteiger partial charge on any atom is 0.241 e. The minimum Gasteiger partial charge on any atom is -0.229 e. The second kappa shape index (κ2) is 5.07. The summed E-state index contributed by atoms with van der Waals surface area (Å²) in [5.74, 6) is -0.124. The van der Waals surface area contributed by atoms with Gasteiger partial charge >= 0.3 is 0 Å². The molecule has 1 N–H and O–H groups in total. The minimum atomic E-state index is -3.74. The predicted molar refractivity (Wildman–Crippen MR) is 82.7 cm³/mol. The van der Waals surface area contributed by atoms with Gasteiger partial charge in [-0.25, -0.2) is 21.6 Å². The maximum atomic E-state index is 12.7. The molecule has 1 aliphatic rings. The van der Waals surface area contributed by atoms with Crippen molar-refractivity contribution < 1.29 is 16.8 Å². The minimum absolute atomic E-state index is 0.0257. The Kier molecular flexibility index (Phi) is 3.97. The van der Waals surface area contributed by atoms with Crippen LogP contribution in [0.15, 0.2) is 17.0 Å². The molecule has 21 heavy (non-hydrogen) atoms. The third-order valence-electron chi connectivity index (χ3n) is 3.76. The van der Waals surface area contributed by atoms with Gasteiger partial charge in [0, 0.05) is 5.54 Å². The third kappa shape index (κ3) is 3.46. The van der Waals surface area contributed by atoms with Gasteiger partial charge in [0.15, 0.2) is 9.84 Å². The van der Waals surface area contributed by atoms with Crippen molar-refractivity contribution in [3.8, 4) is 0 Å². The van der Waals surface area contributed by atoms with E-state index in [1.165, 1.54) is 0 Å². The van der Waals surface area contributed by atoms with Gasteiger partial charge in [-0.1, -0.05) is 17.7 Å². The molecule has 1 aromatic rings. The van der Waals surface area contributed by atoms with Crippen LogP contribution in [0.3, 0.4) is 0 Å². The van der Waals surface area contributed by atoms with Crippen LogP contribution in [0, 0.1) is 20.8 Å². The molecule has 0 bridgehead atoms. The Morgan fingerprint density at radius 2 is 1.67 bits per heavy atom. The quantitative estimate of drug-likeness (QED) is 0.909. The van der Waals surface area contributed by atoms with Crippen LogP contribution in [0.1, 0.15) is 30.0 Å². The molecular weight excluding hydrogens is 310 g/mol. The highest BCUT2D eigenvalue weighted by molar-refractivity contribution is 7.92. The van der Waals surface area contributed by atoms with Crippen molar-refractivity contribution >= 4 is 19.9 Å². The molecule has 0 radical (unpaired) electrons. The standard InChI is InChI=1S/C14H21NO4S2/c1-10-7-11(2)13(12(3)8-10)21(18,19)15-14(4)5-6-20(16,17)9-14/h7-8,15H,5-6,9H2,1-4H3. The van der Waals surface area contributed by atoms with Gasteiger partial charge in [0.05, 0.1) is 16.4 Å². The highest BCUT2D eigenvalue weighted by Gasteiger charge is 2.41. The van der Waals surface area contributed by atoms with Crippen molar-refractivity contribution in [2.45, 2.75) is 44.6 Å². The molecule has 118 valence electrons. The highest BCUT2D eigenvalue weighted by atomic mass is 32.2. The molecule has 5 nitrogen and oxygen atoms in total. The van der Waals surface area contributed by atoms with Crippen molar-refractivity contribution in [1.29, 1.82) is 0 Å². The van der Waals surface area contributed by atoms with Crippen molar-refractivity contribution in [3.63, 3.8) is 0 Å². The van der Waals surface area contributed by atoms with Crippen LogP contribution in [-0.2, 0) is 19.9 Å². The Hall–Kier alpha value is -0.920. The molecule has 1 unspecified atom stereocenters. The lowest BCUT2D eigenvalue weighted by Crippen LogP contribution is -2.47. The van der Waals surface area contributed by atoms with Crippen molar-refractivity contribution in [2.24, 2.45) is 0 Å². The summed E-state index contributed by atoms with van der Waals surface area (Å²) in [6, 6.07) is 3.63. The Bertz CT molecular complexity index is 758. The van der Waals surface area contributed by atoms with Crippen molar-refractivity contribution in [1.82, 2.24) is 4.72 Å². The lowest BCUT2D eigenvalue weighted by molar-refractivity contribution is 0.461. The lowest BCUT2D eigenvalue weighted by Gasteiger charge is -2.25. The van der Waals surface area contributed by atoms with E-state index in [1.807, 2.05) is 19.1 Å². The molecule has 1 saturated heterocycles. The van der Waals surface area contributed by atoms with Crippen LogP contribution in [0.4, 0.5) is 0 Å². The molecule has 7 heteroatoms. The smallest absolute Gasteiger partial charge is 0.229 e. The van der Waals surface area contributed by atoms with Crippen molar-refractivity contribution in [2.75, 3.05) is 11.5 Å². The summed E-state index contributed by atoms with van der Waals surface area (Å²) in [5.41, 5.74) is 1.41. The van der Waals surface area contributed by atoms with E-state index in [-0.39, 0.29) is 16.4 Å². The fraction of sp³-hybridized carbons (Fsp3) is 0.571. The molecule has 0 spiro atoms. The summed E-state index contributed by atoms with van der Waals surface area (Å²) in [6.45, 7) is 7.06. The molecule has 2 rings (SSSR count). The first kappa shape index (κ1) is 16.5. The molecule has 0 aromatic heterocycles. The van der Waals surface area contributed by atoms with E-state index in [2.05, 4.69) is 4.72 Å². The summed E-state index contributed by atoms with van der Waals surface area (Å²) in [4.78, 5) is 0.249. The van der Waals surface area contributed by atoms with Crippen LogP contribution >= 0.6 is 0 Å². The number of sulfonamides is 1. The summed E-state index contributed by atoms with van der Waals surface area (Å²) in [6.07, 6.45) is 0.304. The number of hydrogen-bond acceptors (Lipinski definition) is 4. The largest absolute Gasteiger partial charge is 0.241 e. The lowest BCUT2D eigenvalue weighted by atomic mass is 10.0. The first-order valence-corrected chi connectivity index (χ1v) is 10.1. The van der Waals surface area contributed by atoms with Crippen LogP contribution in [0.25, 0.3) is 0 Å². The summed E-state index contributed by atoms with van der Waals surface area (Å²) in [5, 5.41) is 0. The monoisotopic (exact) mass is 331 g/mol. The Labute approximate surface area is 126 Å². The number of benzene rings is 1. The molecule has 0 saturated carbocycles. The van der Waals surface area contributed by atoms with Crippen LogP contribution in [0.5, 0.6) is 0 Å². The van der Waals surface area contributed by atoms with Gasteiger partial charge in [0.25, 0.3) is 0 Å². The fourth-order valence-electron chi connectivity index (χ4n) is 3.06. The van der Waals surface area contributed by atoms with Gasteiger partial charge in [0.2, 0.25) is 10.0 Å². The Morgan fingerprint density at radius 1 is 1.14 bits per heavy atom. The van der Waals surface area contributed by atoms with Gasteiger partial charge in [-0.2, -0.15) is 0 Å². The topological polar surface area (TPSA) is 80.3 Å². The molecule has 1 aliphatic heterocycles. The average molecular weight is 331 g/mol. The highest BCUT2D eigenvalue weighted by Crippen LogP contribution is 2.28. The molecule has 1 fully saturated rings. The maximum absolute atomic E-state index is 12.7. The number of nitrogens with one attached hydrogen (secondary N) is 1. The first-order chi connectivity index (χ1) is 9.44. The van der Waals surface area contributed by atoms with Gasteiger partial charge in [0.1, 0.15) is 0 Å². The van der Waals surface area contributed by atoms with E-state index >= 15 is 0 Å². The van der Waals surface area contributed by atoms with E-state index in [0.29, 0.717) is 17.5 Å². The van der Waals surface area contributed by atoms with E-state index in [9.17, 15) is 16.8 Å². The van der Waals surface area contributed by atoms with Crippen LogP contribution in [-0.4, -0.2) is 33.9 Å². The van der Waals surface area contributed by atoms with Gasteiger partial charge < -0.3 is 0 Å². The average Bonchev–Trinajstić information content (AvgIpc) is 2.48. The first-order valence-electron chi connectivity index (χ1n) is 6.76. The summed E-state index contributed by atoms with van der Waals surface area (Å²) < 4.78 is 51.1. The second-order valence-electron chi connectivity index (χ2n) is 6.24. The number of hydrogen-bond donors (Lipinski definition) is 1. The molecule has 0 amide bonds. The van der Waals surface area contributed by atoms with Gasteiger partial charge in [-0.3, -0.25) is 0 Å². The number of sulfone groups is 1. The zero-order valence-corrected chi connectivity index (χ0v) is 14.4. The van der Waals surface area contributed by atoms with Gasteiger partial charge in [-0.05, 0) is 45.2 Å². The molecule has 1 heterocycles. The SMILES string of the molecule is Cc1cc(C)c(S(=O)(=O)NC2(C)CCS(=O)(=O)C2)c(C)c1. The van der Waals surface area contributed by atoms with E-state index in [4.69, 9.17) is 0 Å². The zero-order valence-electron chi connectivity index (χ0n) is 12.7. The van der Waals surface area contributed by atoms with Crippen LogP contribution < -0.4 is 4.72 Å². The third-order valence-corrected chi connectivity index (χ3v) is 7.60. The normalized spacial score (nSPS) is 25.1. The van der Waals surface area contributed by atoms with E-state index in [1.54, 1.807) is 20.8 Å².